The number of nitrogens with zero attached hydrogens (tertiary/aromatic N) is 2. The molecule has 0 aliphatic carbocycles. The van der Waals surface area contributed by atoms with Crippen molar-refractivity contribution < 1.29 is 4.79 Å². The van der Waals surface area contributed by atoms with Crippen LogP contribution in [-0.2, 0) is 11.3 Å². The van der Waals surface area contributed by atoms with Crippen LogP contribution in [0.2, 0.25) is 0 Å². The molecule has 4 nitrogen and oxygen atoms in total. The van der Waals surface area contributed by atoms with Crippen LogP contribution in [0.5, 0.6) is 0 Å². The molecule has 4 heteroatoms. The van der Waals surface area contributed by atoms with Crippen molar-refractivity contribution in [2.45, 2.75) is 20.4 Å². The SMILES string of the molecule is C=CCn1c(C)c(/C=C(/C#N)C(=O)Nc2ccccc2C)c2ccccc21. The lowest BCUT2D eigenvalue weighted by atomic mass is 10.1. The summed E-state index contributed by atoms with van der Waals surface area (Å²) in [5.41, 5.74) is 4.65. The second-order valence-corrected chi connectivity index (χ2v) is 6.35. The molecule has 3 aromatic rings. The third-order valence-electron chi connectivity index (χ3n) is 4.64. The minimum Gasteiger partial charge on any atom is -0.340 e. The van der Waals surface area contributed by atoms with Crippen LogP contribution in [-0.4, -0.2) is 10.5 Å². The van der Waals surface area contributed by atoms with Crippen LogP contribution in [0.25, 0.3) is 17.0 Å². The maximum absolute atomic E-state index is 12.7. The van der Waals surface area contributed by atoms with Gasteiger partial charge in [0.15, 0.2) is 0 Å². The van der Waals surface area contributed by atoms with Gasteiger partial charge in [0.2, 0.25) is 0 Å². The van der Waals surface area contributed by atoms with E-state index in [1.165, 1.54) is 0 Å². The molecule has 1 N–H and O–H groups in total. The molecule has 0 saturated carbocycles. The third kappa shape index (κ3) is 3.54. The van der Waals surface area contributed by atoms with Crippen LogP contribution in [0.15, 0.2) is 66.8 Å². The molecule has 1 aromatic heterocycles. The van der Waals surface area contributed by atoms with Crippen LogP contribution in [0.3, 0.4) is 0 Å². The lowest BCUT2D eigenvalue weighted by Crippen LogP contribution is -2.14. The summed E-state index contributed by atoms with van der Waals surface area (Å²) in [6, 6.07) is 17.5. The van der Waals surface area contributed by atoms with Crippen molar-refractivity contribution in [3.63, 3.8) is 0 Å². The van der Waals surface area contributed by atoms with Gasteiger partial charge in [0.25, 0.3) is 5.91 Å². The summed E-state index contributed by atoms with van der Waals surface area (Å²) in [4.78, 5) is 12.7. The second kappa shape index (κ2) is 7.76. The average Bonchev–Trinajstić information content (AvgIpc) is 2.93. The molecule has 27 heavy (non-hydrogen) atoms. The Morgan fingerprint density at radius 3 is 2.59 bits per heavy atom. The van der Waals surface area contributed by atoms with E-state index in [1.54, 1.807) is 6.08 Å². The molecule has 1 amide bonds. The molecule has 0 spiro atoms. The number of hydrogen-bond donors (Lipinski definition) is 1. The van der Waals surface area contributed by atoms with Crippen LogP contribution in [0, 0.1) is 25.2 Å². The number of benzene rings is 2. The number of fused-ring (bicyclic) bond motifs is 1. The molecule has 0 atom stereocenters. The zero-order valence-electron chi connectivity index (χ0n) is 15.5. The first kappa shape index (κ1) is 18.2. The Morgan fingerprint density at radius 1 is 1.19 bits per heavy atom. The van der Waals surface area contributed by atoms with Gasteiger partial charge < -0.3 is 9.88 Å². The van der Waals surface area contributed by atoms with Crippen molar-refractivity contribution in [3.05, 3.63) is 83.6 Å². The predicted octanol–water partition coefficient (Wildman–Crippen LogP) is 4.99. The maximum atomic E-state index is 12.7. The molecular weight excluding hydrogens is 334 g/mol. The first-order valence-corrected chi connectivity index (χ1v) is 8.74. The summed E-state index contributed by atoms with van der Waals surface area (Å²) in [5.74, 6) is -0.410. The van der Waals surface area contributed by atoms with Crippen molar-refractivity contribution in [2.75, 3.05) is 5.32 Å². The van der Waals surface area contributed by atoms with E-state index in [2.05, 4.69) is 16.5 Å². The largest absolute Gasteiger partial charge is 0.340 e. The Hall–Kier alpha value is -3.58. The van der Waals surface area contributed by atoms with Gasteiger partial charge in [0.1, 0.15) is 11.6 Å². The fourth-order valence-corrected chi connectivity index (χ4v) is 3.20. The van der Waals surface area contributed by atoms with Gasteiger partial charge in [-0.2, -0.15) is 5.26 Å². The molecule has 1 heterocycles. The van der Waals surface area contributed by atoms with Gasteiger partial charge in [0, 0.05) is 34.4 Å². The smallest absolute Gasteiger partial charge is 0.266 e. The number of para-hydroxylation sites is 2. The molecule has 2 aromatic carbocycles. The Kier molecular flexibility index (Phi) is 5.23. The third-order valence-corrected chi connectivity index (χ3v) is 4.64. The van der Waals surface area contributed by atoms with Gasteiger partial charge in [-0.1, -0.05) is 42.5 Å². The van der Waals surface area contributed by atoms with Crippen molar-refractivity contribution >= 4 is 28.6 Å². The van der Waals surface area contributed by atoms with Crippen LogP contribution in [0.1, 0.15) is 16.8 Å². The van der Waals surface area contributed by atoms with Gasteiger partial charge in [0.05, 0.1) is 0 Å². The highest BCUT2D eigenvalue weighted by molar-refractivity contribution is 6.11. The molecule has 0 fully saturated rings. The number of aromatic nitrogens is 1. The van der Waals surface area contributed by atoms with Gasteiger partial charge in [-0.3, -0.25) is 4.79 Å². The summed E-state index contributed by atoms with van der Waals surface area (Å²) in [7, 11) is 0. The Labute approximate surface area is 159 Å². The normalized spacial score (nSPS) is 11.2. The van der Waals surface area contributed by atoms with Crippen molar-refractivity contribution in [1.29, 1.82) is 5.26 Å². The molecule has 0 unspecified atom stereocenters. The first-order valence-electron chi connectivity index (χ1n) is 8.74. The molecular formula is C23H21N3O. The van der Waals surface area contributed by atoms with E-state index in [0.717, 1.165) is 27.7 Å². The number of nitriles is 1. The highest BCUT2D eigenvalue weighted by atomic mass is 16.1. The minimum absolute atomic E-state index is 0.0721. The lowest BCUT2D eigenvalue weighted by Gasteiger charge is -2.07. The van der Waals surface area contributed by atoms with Gasteiger partial charge in [-0.05, 0) is 37.6 Å². The lowest BCUT2D eigenvalue weighted by molar-refractivity contribution is -0.112. The fraction of sp³-hybridized carbons (Fsp3) is 0.130. The van der Waals surface area contributed by atoms with Gasteiger partial charge >= 0.3 is 0 Å². The number of hydrogen-bond acceptors (Lipinski definition) is 2. The Morgan fingerprint density at radius 2 is 1.89 bits per heavy atom. The predicted molar refractivity (Wildman–Crippen MR) is 110 cm³/mol. The van der Waals surface area contributed by atoms with Crippen LogP contribution in [0.4, 0.5) is 5.69 Å². The van der Waals surface area contributed by atoms with Crippen LogP contribution < -0.4 is 5.32 Å². The van der Waals surface area contributed by atoms with E-state index < -0.39 is 5.91 Å². The maximum Gasteiger partial charge on any atom is 0.266 e. The van der Waals surface area contributed by atoms with E-state index in [4.69, 9.17) is 0 Å². The molecule has 3 rings (SSSR count). The summed E-state index contributed by atoms with van der Waals surface area (Å²) < 4.78 is 2.13. The number of allylic oxidation sites excluding steroid dienone is 1. The first-order chi connectivity index (χ1) is 13.1. The highest BCUT2D eigenvalue weighted by Gasteiger charge is 2.16. The number of aryl methyl sites for hydroxylation is 1. The Bertz CT molecular complexity index is 1100. The van der Waals surface area contributed by atoms with E-state index >= 15 is 0 Å². The van der Waals surface area contributed by atoms with E-state index in [1.807, 2.05) is 74.5 Å². The number of nitrogens with one attached hydrogen (secondary N) is 1. The summed E-state index contributed by atoms with van der Waals surface area (Å²) in [6.07, 6.45) is 3.51. The number of carbonyl (C=O) groups is 1. The minimum atomic E-state index is -0.410. The second-order valence-electron chi connectivity index (χ2n) is 6.35. The van der Waals surface area contributed by atoms with E-state index in [0.29, 0.717) is 12.2 Å². The molecule has 0 aliphatic rings. The summed E-state index contributed by atoms with van der Waals surface area (Å²) in [5, 5.41) is 13.4. The average molecular weight is 355 g/mol. The quantitative estimate of drug-likeness (QED) is 0.398. The topological polar surface area (TPSA) is 57.8 Å². The highest BCUT2D eigenvalue weighted by Crippen LogP contribution is 2.28. The molecule has 134 valence electrons. The van der Waals surface area contributed by atoms with Crippen LogP contribution >= 0.6 is 0 Å². The zero-order valence-corrected chi connectivity index (χ0v) is 15.5. The number of anilines is 1. The molecule has 0 saturated heterocycles. The number of amides is 1. The molecule has 0 aliphatic heterocycles. The molecule has 0 bridgehead atoms. The number of rotatable bonds is 5. The standard InChI is InChI=1S/C23H21N3O/c1-4-13-26-17(3)20(19-10-6-8-12-22(19)26)14-18(15-24)23(27)25-21-11-7-5-9-16(21)2/h4-12,14H,1,13H2,2-3H3,(H,25,27)/b18-14-. The van der Waals surface area contributed by atoms with Crippen molar-refractivity contribution in [2.24, 2.45) is 0 Å². The molecule has 0 radical (unpaired) electrons. The monoisotopic (exact) mass is 355 g/mol. The van der Waals surface area contributed by atoms with Gasteiger partial charge in [-0.15, -0.1) is 6.58 Å². The fourth-order valence-electron chi connectivity index (χ4n) is 3.20. The van der Waals surface area contributed by atoms with E-state index in [-0.39, 0.29) is 5.57 Å². The zero-order chi connectivity index (χ0) is 19.4. The van der Waals surface area contributed by atoms with Crippen molar-refractivity contribution in [1.82, 2.24) is 4.57 Å². The summed E-state index contributed by atoms with van der Waals surface area (Å²) >= 11 is 0. The van der Waals surface area contributed by atoms with Gasteiger partial charge in [-0.25, -0.2) is 0 Å². The number of carbonyl (C=O) groups excluding carboxylic acids is 1. The summed E-state index contributed by atoms with van der Waals surface area (Å²) in [6.45, 7) is 8.39. The van der Waals surface area contributed by atoms with Crippen molar-refractivity contribution in [3.8, 4) is 6.07 Å². The van der Waals surface area contributed by atoms with E-state index in [9.17, 15) is 10.1 Å². The Balaban J connectivity index is 2.05.